The molecule has 0 aliphatic carbocycles. The third-order valence-electron chi connectivity index (χ3n) is 3.07. The molecule has 8 nitrogen and oxygen atoms in total. The van der Waals surface area contributed by atoms with Gasteiger partial charge in [-0.2, -0.15) is 15.0 Å². The van der Waals surface area contributed by atoms with Crippen molar-refractivity contribution in [3.8, 4) is 0 Å². The van der Waals surface area contributed by atoms with Crippen molar-refractivity contribution in [2.75, 3.05) is 56.0 Å². The minimum atomic E-state index is 0.203. The zero-order valence-corrected chi connectivity index (χ0v) is 12.0. The molecule has 2 rings (SSSR count). The van der Waals surface area contributed by atoms with Crippen LogP contribution < -0.4 is 16.0 Å². The van der Waals surface area contributed by atoms with E-state index < -0.39 is 0 Å². The van der Waals surface area contributed by atoms with Crippen molar-refractivity contribution in [1.82, 2.24) is 15.0 Å². The van der Waals surface area contributed by atoms with Crippen molar-refractivity contribution < 1.29 is 9.47 Å². The molecule has 0 spiro atoms. The van der Waals surface area contributed by atoms with Gasteiger partial charge in [-0.05, 0) is 13.3 Å². The summed E-state index contributed by atoms with van der Waals surface area (Å²) in [6.07, 6.45) is 0.870. The molecule has 0 amide bonds. The summed E-state index contributed by atoms with van der Waals surface area (Å²) in [6, 6.07) is 0.203. The number of hydrogen-bond donors (Lipinski definition) is 2. The van der Waals surface area contributed by atoms with E-state index in [2.05, 4.69) is 20.3 Å². The Morgan fingerprint density at radius 3 is 2.80 bits per heavy atom. The summed E-state index contributed by atoms with van der Waals surface area (Å²) >= 11 is 0. The Morgan fingerprint density at radius 2 is 2.10 bits per heavy atom. The van der Waals surface area contributed by atoms with Crippen LogP contribution in [0, 0.1) is 0 Å². The first-order valence-corrected chi connectivity index (χ1v) is 6.78. The summed E-state index contributed by atoms with van der Waals surface area (Å²) in [5, 5.41) is 3.22. The van der Waals surface area contributed by atoms with E-state index in [0.29, 0.717) is 31.7 Å². The molecule has 0 radical (unpaired) electrons. The molecule has 0 bridgehead atoms. The number of nitrogen functional groups attached to an aromatic ring is 1. The van der Waals surface area contributed by atoms with Crippen LogP contribution in [-0.2, 0) is 9.47 Å². The summed E-state index contributed by atoms with van der Waals surface area (Å²) in [5.74, 6) is 1.33. The number of ether oxygens (including phenoxy) is 2. The van der Waals surface area contributed by atoms with Gasteiger partial charge in [0.2, 0.25) is 17.8 Å². The topological polar surface area (TPSA) is 98.4 Å². The molecule has 2 heterocycles. The van der Waals surface area contributed by atoms with Gasteiger partial charge in [0.1, 0.15) is 0 Å². The molecule has 1 aromatic rings. The molecule has 1 aromatic heterocycles. The van der Waals surface area contributed by atoms with E-state index in [4.69, 9.17) is 15.2 Å². The van der Waals surface area contributed by atoms with E-state index in [1.54, 1.807) is 7.11 Å². The van der Waals surface area contributed by atoms with Gasteiger partial charge in [-0.3, -0.25) is 0 Å². The Morgan fingerprint density at radius 1 is 1.35 bits per heavy atom. The lowest BCUT2D eigenvalue weighted by Gasteiger charge is -2.27. The number of aromatic nitrogens is 3. The van der Waals surface area contributed by atoms with E-state index in [0.717, 1.165) is 19.5 Å². The highest BCUT2D eigenvalue weighted by Gasteiger charge is 2.16. The van der Waals surface area contributed by atoms with E-state index in [1.165, 1.54) is 0 Å². The van der Waals surface area contributed by atoms with Crippen molar-refractivity contribution in [2.45, 2.75) is 19.4 Å². The summed E-state index contributed by atoms with van der Waals surface area (Å²) in [4.78, 5) is 14.8. The number of nitrogens with two attached hydrogens (primary N) is 1. The van der Waals surface area contributed by atoms with Gasteiger partial charge in [-0.15, -0.1) is 0 Å². The molecular formula is C12H22N6O2. The maximum Gasteiger partial charge on any atom is 0.232 e. The Hall–Kier alpha value is -1.67. The van der Waals surface area contributed by atoms with E-state index in [-0.39, 0.29) is 12.0 Å². The molecule has 8 heteroatoms. The second-order valence-corrected chi connectivity index (χ2v) is 4.74. The largest absolute Gasteiger partial charge is 0.385 e. The maximum absolute atomic E-state index is 5.76. The number of hydrogen-bond acceptors (Lipinski definition) is 8. The van der Waals surface area contributed by atoms with Crippen LogP contribution in [-0.4, -0.2) is 61.0 Å². The third kappa shape index (κ3) is 4.17. The van der Waals surface area contributed by atoms with Gasteiger partial charge in [0, 0.05) is 32.8 Å². The van der Waals surface area contributed by atoms with E-state index in [1.807, 2.05) is 11.8 Å². The molecular weight excluding hydrogens is 260 g/mol. The molecule has 112 valence electrons. The molecule has 1 saturated heterocycles. The van der Waals surface area contributed by atoms with Crippen molar-refractivity contribution in [2.24, 2.45) is 0 Å². The monoisotopic (exact) mass is 282 g/mol. The second kappa shape index (κ2) is 7.20. The van der Waals surface area contributed by atoms with Crippen LogP contribution in [0.3, 0.4) is 0 Å². The fraction of sp³-hybridized carbons (Fsp3) is 0.750. The molecule has 0 saturated carbocycles. The van der Waals surface area contributed by atoms with Gasteiger partial charge in [-0.1, -0.05) is 0 Å². The van der Waals surface area contributed by atoms with Gasteiger partial charge < -0.3 is 25.4 Å². The highest BCUT2D eigenvalue weighted by Crippen LogP contribution is 2.14. The lowest BCUT2D eigenvalue weighted by atomic mass is 10.2. The summed E-state index contributed by atoms with van der Waals surface area (Å²) in [5.41, 5.74) is 5.76. The molecule has 1 aliphatic heterocycles. The van der Waals surface area contributed by atoms with Crippen molar-refractivity contribution in [3.05, 3.63) is 0 Å². The molecule has 1 unspecified atom stereocenters. The number of rotatable bonds is 6. The number of anilines is 3. The minimum absolute atomic E-state index is 0.203. The number of nitrogens with one attached hydrogen (secondary N) is 1. The van der Waals surface area contributed by atoms with Crippen LogP contribution in [0.15, 0.2) is 0 Å². The second-order valence-electron chi connectivity index (χ2n) is 4.74. The van der Waals surface area contributed by atoms with Crippen molar-refractivity contribution in [1.29, 1.82) is 0 Å². The van der Waals surface area contributed by atoms with Crippen LogP contribution in [0.5, 0.6) is 0 Å². The van der Waals surface area contributed by atoms with Gasteiger partial charge in [0.25, 0.3) is 0 Å². The zero-order valence-electron chi connectivity index (χ0n) is 12.0. The minimum Gasteiger partial charge on any atom is -0.385 e. The Bertz CT molecular complexity index is 424. The average molecular weight is 282 g/mol. The predicted molar refractivity (Wildman–Crippen MR) is 76.8 cm³/mol. The van der Waals surface area contributed by atoms with E-state index >= 15 is 0 Å². The Kier molecular flexibility index (Phi) is 5.31. The van der Waals surface area contributed by atoms with Crippen molar-refractivity contribution in [3.63, 3.8) is 0 Å². The molecule has 0 aromatic carbocycles. The fourth-order valence-corrected chi connectivity index (χ4v) is 1.94. The van der Waals surface area contributed by atoms with Gasteiger partial charge in [-0.25, -0.2) is 0 Å². The lowest BCUT2D eigenvalue weighted by molar-refractivity contribution is 0.122. The lowest BCUT2D eigenvalue weighted by Crippen LogP contribution is -2.37. The molecule has 3 N–H and O–H groups in total. The molecule has 1 aliphatic rings. The van der Waals surface area contributed by atoms with Crippen LogP contribution >= 0.6 is 0 Å². The van der Waals surface area contributed by atoms with E-state index in [9.17, 15) is 0 Å². The zero-order chi connectivity index (χ0) is 14.4. The average Bonchev–Trinajstić information content (AvgIpc) is 2.45. The highest BCUT2D eigenvalue weighted by atomic mass is 16.5. The first-order valence-electron chi connectivity index (χ1n) is 6.78. The number of nitrogens with zero attached hydrogens (tertiary/aromatic N) is 4. The SMILES string of the molecule is COCCC(C)Nc1nc(N)nc(N2CCOCC2)n1. The van der Waals surface area contributed by atoms with Crippen LogP contribution in [0.4, 0.5) is 17.8 Å². The fourth-order valence-electron chi connectivity index (χ4n) is 1.94. The molecule has 20 heavy (non-hydrogen) atoms. The molecule has 1 atom stereocenters. The Labute approximate surface area is 118 Å². The quantitative estimate of drug-likeness (QED) is 0.759. The summed E-state index contributed by atoms with van der Waals surface area (Å²) in [6.45, 7) is 5.62. The first-order chi connectivity index (χ1) is 9.69. The summed E-state index contributed by atoms with van der Waals surface area (Å²) in [7, 11) is 1.68. The van der Waals surface area contributed by atoms with Gasteiger partial charge in [0.05, 0.1) is 13.2 Å². The van der Waals surface area contributed by atoms with Gasteiger partial charge >= 0.3 is 0 Å². The smallest absolute Gasteiger partial charge is 0.232 e. The maximum atomic E-state index is 5.76. The third-order valence-corrected chi connectivity index (χ3v) is 3.07. The standard InChI is InChI=1S/C12H22N6O2/c1-9(3-6-19-2)14-11-15-10(13)16-12(17-11)18-4-7-20-8-5-18/h9H,3-8H2,1-2H3,(H3,13,14,15,16,17). The first kappa shape index (κ1) is 14.7. The highest BCUT2D eigenvalue weighted by molar-refractivity contribution is 5.42. The normalized spacial score (nSPS) is 17.0. The number of methoxy groups -OCH3 is 1. The van der Waals surface area contributed by atoms with Crippen LogP contribution in [0.2, 0.25) is 0 Å². The molecule has 1 fully saturated rings. The predicted octanol–water partition coefficient (Wildman–Crippen LogP) is 0.127. The number of morpholine rings is 1. The van der Waals surface area contributed by atoms with Crippen LogP contribution in [0.25, 0.3) is 0 Å². The summed E-state index contributed by atoms with van der Waals surface area (Å²) < 4.78 is 10.4. The van der Waals surface area contributed by atoms with Crippen molar-refractivity contribution >= 4 is 17.8 Å². The van der Waals surface area contributed by atoms with Gasteiger partial charge in [0.15, 0.2) is 0 Å². The Balaban J connectivity index is 2.03. The van der Waals surface area contributed by atoms with Crippen LogP contribution in [0.1, 0.15) is 13.3 Å².